The van der Waals surface area contributed by atoms with Gasteiger partial charge in [0.1, 0.15) is 0 Å². The van der Waals surface area contributed by atoms with Crippen LogP contribution in [0.2, 0.25) is 0 Å². The van der Waals surface area contributed by atoms with Gasteiger partial charge in [0, 0.05) is 18.3 Å². The standard InChI is InChI=1S/C16H18N2O/c1-12(2)10-18-16(19)14-8-9-15(17-11-14)13-6-4-3-5-7-13/h3-9,11-12H,10H2,1-2H3,(H,18,19). The first-order valence-electron chi connectivity index (χ1n) is 6.46. The lowest BCUT2D eigenvalue weighted by molar-refractivity contribution is 0.0948. The highest BCUT2D eigenvalue weighted by Crippen LogP contribution is 2.16. The fourth-order valence-corrected chi connectivity index (χ4v) is 1.71. The van der Waals surface area contributed by atoms with Gasteiger partial charge in [-0.3, -0.25) is 9.78 Å². The third kappa shape index (κ3) is 3.65. The smallest absolute Gasteiger partial charge is 0.252 e. The van der Waals surface area contributed by atoms with Crippen LogP contribution in [0, 0.1) is 5.92 Å². The molecule has 0 aliphatic carbocycles. The molecule has 19 heavy (non-hydrogen) atoms. The number of nitrogens with one attached hydrogen (secondary N) is 1. The number of amides is 1. The van der Waals surface area contributed by atoms with Gasteiger partial charge < -0.3 is 5.32 Å². The molecule has 98 valence electrons. The lowest BCUT2D eigenvalue weighted by atomic mass is 10.1. The van der Waals surface area contributed by atoms with Gasteiger partial charge in [-0.05, 0) is 18.1 Å². The number of carbonyl (C=O) groups excluding carboxylic acids is 1. The number of hydrogen-bond acceptors (Lipinski definition) is 2. The van der Waals surface area contributed by atoms with Crippen molar-refractivity contribution in [2.75, 3.05) is 6.54 Å². The average Bonchev–Trinajstić information content (AvgIpc) is 2.46. The quantitative estimate of drug-likeness (QED) is 0.910. The maximum Gasteiger partial charge on any atom is 0.252 e. The van der Waals surface area contributed by atoms with Crippen LogP contribution in [0.15, 0.2) is 48.7 Å². The van der Waals surface area contributed by atoms with Crippen molar-refractivity contribution < 1.29 is 4.79 Å². The number of benzene rings is 1. The summed E-state index contributed by atoms with van der Waals surface area (Å²) in [6.45, 7) is 4.81. The van der Waals surface area contributed by atoms with E-state index in [-0.39, 0.29) is 5.91 Å². The number of hydrogen-bond donors (Lipinski definition) is 1. The van der Waals surface area contributed by atoms with Gasteiger partial charge in [-0.1, -0.05) is 44.2 Å². The number of carbonyl (C=O) groups is 1. The Morgan fingerprint density at radius 1 is 1.16 bits per heavy atom. The molecule has 0 radical (unpaired) electrons. The largest absolute Gasteiger partial charge is 0.352 e. The van der Waals surface area contributed by atoms with Crippen molar-refractivity contribution in [3.8, 4) is 11.3 Å². The Bertz CT molecular complexity index is 532. The van der Waals surface area contributed by atoms with Crippen molar-refractivity contribution in [3.05, 3.63) is 54.2 Å². The summed E-state index contributed by atoms with van der Waals surface area (Å²) >= 11 is 0. The van der Waals surface area contributed by atoms with E-state index < -0.39 is 0 Å². The highest BCUT2D eigenvalue weighted by molar-refractivity contribution is 5.94. The lowest BCUT2D eigenvalue weighted by Crippen LogP contribution is -2.27. The molecule has 3 heteroatoms. The molecule has 1 aromatic carbocycles. The molecule has 0 saturated carbocycles. The molecule has 0 fully saturated rings. The summed E-state index contributed by atoms with van der Waals surface area (Å²) in [6, 6.07) is 13.6. The first kappa shape index (κ1) is 13.3. The van der Waals surface area contributed by atoms with Crippen LogP contribution in [-0.4, -0.2) is 17.4 Å². The Morgan fingerprint density at radius 2 is 1.89 bits per heavy atom. The predicted molar refractivity (Wildman–Crippen MR) is 76.8 cm³/mol. The van der Waals surface area contributed by atoms with Crippen LogP contribution < -0.4 is 5.32 Å². The van der Waals surface area contributed by atoms with E-state index in [4.69, 9.17) is 0 Å². The van der Waals surface area contributed by atoms with Crippen LogP contribution in [0.1, 0.15) is 24.2 Å². The lowest BCUT2D eigenvalue weighted by Gasteiger charge is -2.07. The predicted octanol–water partition coefficient (Wildman–Crippen LogP) is 3.13. The van der Waals surface area contributed by atoms with Crippen LogP contribution in [0.5, 0.6) is 0 Å². The van der Waals surface area contributed by atoms with Crippen LogP contribution in [0.4, 0.5) is 0 Å². The molecule has 3 nitrogen and oxygen atoms in total. The van der Waals surface area contributed by atoms with E-state index in [9.17, 15) is 4.79 Å². The van der Waals surface area contributed by atoms with Crippen molar-refractivity contribution in [2.45, 2.75) is 13.8 Å². The third-order valence-electron chi connectivity index (χ3n) is 2.77. The van der Waals surface area contributed by atoms with Gasteiger partial charge in [0.05, 0.1) is 11.3 Å². The first-order valence-corrected chi connectivity index (χ1v) is 6.46. The van der Waals surface area contributed by atoms with E-state index in [1.807, 2.05) is 42.5 Å². The third-order valence-corrected chi connectivity index (χ3v) is 2.77. The monoisotopic (exact) mass is 254 g/mol. The highest BCUT2D eigenvalue weighted by Gasteiger charge is 2.07. The minimum absolute atomic E-state index is 0.0687. The fraction of sp³-hybridized carbons (Fsp3) is 0.250. The molecule has 1 amide bonds. The normalized spacial score (nSPS) is 10.5. The van der Waals surface area contributed by atoms with Gasteiger partial charge in [-0.15, -0.1) is 0 Å². The summed E-state index contributed by atoms with van der Waals surface area (Å²) in [4.78, 5) is 16.2. The van der Waals surface area contributed by atoms with E-state index >= 15 is 0 Å². The van der Waals surface area contributed by atoms with E-state index in [0.29, 0.717) is 18.0 Å². The van der Waals surface area contributed by atoms with Crippen LogP contribution >= 0.6 is 0 Å². The highest BCUT2D eigenvalue weighted by atomic mass is 16.1. The van der Waals surface area contributed by atoms with Gasteiger partial charge in [0.25, 0.3) is 5.91 Å². The summed E-state index contributed by atoms with van der Waals surface area (Å²) in [5, 5.41) is 2.88. The second-order valence-electron chi connectivity index (χ2n) is 4.90. The molecule has 0 bridgehead atoms. The van der Waals surface area contributed by atoms with Crippen LogP contribution in [0.25, 0.3) is 11.3 Å². The number of rotatable bonds is 4. The Labute approximate surface area is 113 Å². The Hall–Kier alpha value is -2.16. The summed E-state index contributed by atoms with van der Waals surface area (Å²) < 4.78 is 0. The van der Waals surface area contributed by atoms with E-state index in [1.165, 1.54) is 0 Å². The van der Waals surface area contributed by atoms with Crippen LogP contribution in [-0.2, 0) is 0 Å². The molecule has 0 saturated heterocycles. The number of pyridine rings is 1. The molecule has 1 aromatic heterocycles. The van der Waals surface area contributed by atoms with Crippen molar-refractivity contribution in [1.29, 1.82) is 0 Å². The van der Waals surface area contributed by atoms with E-state index in [2.05, 4.69) is 24.1 Å². The molecule has 0 unspecified atom stereocenters. The molecular weight excluding hydrogens is 236 g/mol. The number of nitrogens with zero attached hydrogens (tertiary/aromatic N) is 1. The summed E-state index contributed by atoms with van der Waals surface area (Å²) in [5.41, 5.74) is 2.53. The second kappa shape index (κ2) is 6.14. The summed E-state index contributed by atoms with van der Waals surface area (Å²) in [6.07, 6.45) is 1.62. The summed E-state index contributed by atoms with van der Waals surface area (Å²) in [7, 11) is 0. The Balaban J connectivity index is 2.08. The fourth-order valence-electron chi connectivity index (χ4n) is 1.71. The first-order chi connectivity index (χ1) is 9.16. The van der Waals surface area contributed by atoms with Gasteiger partial charge in [0.2, 0.25) is 0 Å². The molecular formula is C16H18N2O. The molecule has 2 rings (SSSR count). The molecule has 0 spiro atoms. The van der Waals surface area contributed by atoms with Crippen molar-refractivity contribution in [1.82, 2.24) is 10.3 Å². The van der Waals surface area contributed by atoms with Crippen molar-refractivity contribution in [3.63, 3.8) is 0 Å². The molecule has 0 atom stereocenters. The summed E-state index contributed by atoms with van der Waals surface area (Å²) in [5.74, 6) is 0.376. The maximum absolute atomic E-state index is 11.8. The van der Waals surface area contributed by atoms with Crippen molar-refractivity contribution in [2.24, 2.45) is 5.92 Å². The topological polar surface area (TPSA) is 42.0 Å². The average molecular weight is 254 g/mol. The molecule has 1 heterocycles. The zero-order valence-corrected chi connectivity index (χ0v) is 11.3. The molecule has 1 N–H and O–H groups in total. The minimum Gasteiger partial charge on any atom is -0.352 e. The van der Waals surface area contributed by atoms with E-state index in [1.54, 1.807) is 6.20 Å². The zero-order chi connectivity index (χ0) is 13.7. The van der Waals surface area contributed by atoms with Gasteiger partial charge >= 0.3 is 0 Å². The second-order valence-corrected chi connectivity index (χ2v) is 4.90. The Morgan fingerprint density at radius 3 is 2.47 bits per heavy atom. The van der Waals surface area contributed by atoms with Gasteiger partial charge in [-0.25, -0.2) is 0 Å². The molecule has 2 aromatic rings. The molecule has 0 aliphatic rings. The maximum atomic E-state index is 11.8. The minimum atomic E-state index is -0.0687. The Kier molecular flexibility index (Phi) is 4.29. The molecule has 0 aliphatic heterocycles. The SMILES string of the molecule is CC(C)CNC(=O)c1ccc(-c2ccccc2)nc1. The van der Waals surface area contributed by atoms with Gasteiger partial charge in [-0.2, -0.15) is 0 Å². The van der Waals surface area contributed by atoms with E-state index in [0.717, 1.165) is 11.3 Å². The number of aromatic nitrogens is 1. The zero-order valence-electron chi connectivity index (χ0n) is 11.3. The van der Waals surface area contributed by atoms with Crippen molar-refractivity contribution >= 4 is 5.91 Å². The van der Waals surface area contributed by atoms with Crippen LogP contribution in [0.3, 0.4) is 0 Å². The van der Waals surface area contributed by atoms with Gasteiger partial charge in [0.15, 0.2) is 0 Å².